The van der Waals surface area contributed by atoms with E-state index in [1.165, 1.54) is 6.92 Å². The number of nitrogens with zero attached hydrogens (tertiary/aromatic N) is 1. The molecule has 6 nitrogen and oxygen atoms in total. The average molecular weight is 265 g/mol. The van der Waals surface area contributed by atoms with Gasteiger partial charge in [-0.05, 0) is 6.92 Å². The molecule has 3 N–H and O–H groups in total. The lowest BCUT2D eigenvalue weighted by atomic mass is 10.1. The fourth-order valence-corrected chi connectivity index (χ4v) is 1.24. The summed E-state index contributed by atoms with van der Waals surface area (Å²) in [4.78, 5) is 21.8. The molecule has 1 aromatic rings. The highest BCUT2D eigenvalue weighted by molar-refractivity contribution is 5.95. The molecule has 1 aromatic heterocycles. The van der Waals surface area contributed by atoms with E-state index < -0.39 is 30.5 Å². The minimum absolute atomic E-state index is 0.0605. The topological polar surface area (TPSA) is 95.1 Å². The van der Waals surface area contributed by atoms with Gasteiger partial charge in [-0.25, -0.2) is 0 Å². The van der Waals surface area contributed by atoms with Crippen molar-refractivity contribution < 1.29 is 27.9 Å². The van der Waals surface area contributed by atoms with Crippen molar-refractivity contribution in [3.05, 3.63) is 17.5 Å². The van der Waals surface area contributed by atoms with Gasteiger partial charge in [0.2, 0.25) is 0 Å². The number of H-pyrrole nitrogens is 1. The van der Waals surface area contributed by atoms with E-state index in [1.54, 1.807) is 5.32 Å². The number of aryl methyl sites for hydroxylation is 1. The fraction of sp³-hybridized carbons (Fsp3) is 0.444. The molecule has 1 amide bonds. The molecule has 1 unspecified atom stereocenters. The van der Waals surface area contributed by atoms with E-state index in [9.17, 15) is 22.8 Å². The lowest BCUT2D eigenvalue weighted by Gasteiger charge is -2.19. The SMILES string of the molecule is Cc1[nH]ncc1C(=O)NC(CC(=O)O)C(F)(F)F. The predicted molar refractivity (Wildman–Crippen MR) is 52.9 cm³/mol. The van der Waals surface area contributed by atoms with Crippen LogP contribution < -0.4 is 5.32 Å². The van der Waals surface area contributed by atoms with E-state index in [2.05, 4.69) is 10.2 Å². The Kier molecular flexibility index (Phi) is 3.94. The van der Waals surface area contributed by atoms with Gasteiger partial charge in [0.1, 0.15) is 6.04 Å². The smallest absolute Gasteiger partial charge is 0.409 e. The van der Waals surface area contributed by atoms with Crippen molar-refractivity contribution in [3.63, 3.8) is 0 Å². The number of aliphatic carboxylic acids is 1. The van der Waals surface area contributed by atoms with Crippen LogP contribution in [0.4, 0.5) is 13.2 Å². The Morgan fingerprint density at radius 1 is 1.56 bits per heavy atom. The molecule has 0 saturated heterocycles. The molecule has 0 aliphatic carbocycles. The highest BCUT2D eigenvalue weighted by Gasteiger charge is 2.42. The zero-order valence-corrected chi connectivity index (χ0v) is 9.21. The van der Waals surface area contributed by atoms with Crippen molar-refractivity contribution in [1.82, 2.24) is 15.5 Å². The Morgan fingerprint density at radius 3 is 2.56 bits per heavy atom. The van der Waals surface area contributed by atoms with Gasteiger partial charge in [-0.3, -0.25) is 14.7 Å². The molecule has 1 heterocycles. The molecule has 0 aliphatic rings. The zero-order valence-electron chi connectivity index (χ0n) is 9.21. The second kappa shape index (κ2) is 5.07. The second-order valence-corrected chi connectivity index (χ2v) is 3.57. The molecule has 0 radical (unpaired) electrons. The third kappa shape index (κ3) is 3.47. The summed E-state index contributed by atoms with van der Waals surface area (Å²) in [7, 11) is 0. The number of carbonyl (C=O) groups is 2. The zero-order chi connectivity index (χ0) is 13.9. The van der Waals surface area contributed by atoms with Crippen LogP contribution in [-0.4, -0.2) is 39.4 Å². The molecule has 18 heavy (non-hydrogen) atoms. The maximum Gasteiger partial charge on any atom is 0.409 e. The van der Waals surface area contributed by atoms with Crippen molar-refractivity contribution in [2.45, 2.75) is 25.6 Å². The van der Waals surface area contributed by atoms with Crippen LogP contribution in [0.5, 0.6) is 0 Å². The Morgan fingerprint density at radius 2 is 2.17 bits per heavy atom. The first-order chi connectivity index (χ1) is 8.21. The highest BCUT2D eigenvalue weighted by Crippen LogP contribution is 2.23. The third-order valence-electron chi connectivity index (χ3n) is 2.15. The summed E-state index contributed by atoms with van der Waals surface area (Å²) in [5, 5.41) is 15.9. The number of carboxylic acids is 1. The summed E-state index contributed by atoms with van der Waals surface area (Å²) in [6.45, 7) is 1.46. The number of carboxylic acid groups (broad SMARTS) is 1. The number of hydrogen-bond donors (Lipinski definition) is 3. The first-order valence-corrected chi connectivity index (χ1v) is 4.81. The van der Waals surface area contributed by atoms with Crippen LogP contribution in [0.1, 0.15) is 22.5 Å². The number of hydrogen-bond acceptors (Lipinski definition) is 3. The molecular formula is C9H10F3N3O3. The van der Waals surface area contributed by atoms with Crippen molar-refractivity contribution in [1.29, 1.82) is 0 Å². The van der Waals surface area contributed by atoms with Crippen LogP contribution in [0.25, 0.3) is 0 Å². The number of rotatable bonds is 4. The number of aromatic nitrogens is 2. The van der Waals surface area contributed by atoms with Gasteiger partial charge < -0.3 is 10.4 Å². The molecule has 0 saturated carbocycles. The van der Waals surface area contributed by atoms with Gasteiger partial charge in [-0.2, -0.15) is 18.3 Å². The largest absolute Gasteiger partial charge is 0.481 e. The summed E-state index contributed by atoms with van der Waals surface area (Å²) in [5.74, 6) is -2.67. The standard InChI is InChI=1S/C9H10F3N3O3/c1-4-5(3-13-15-4)8(18)14-6(2-7(16)17)9(10,11)12/h3,6H,2H2,1H3,(H,13,15)(H,14,18)(H,16,17). The molecule has 0 aromatic carbocycles. The van der Waals surface area contributed by atoms with E-state index in [4.69, 9.17) is 5.11 Å². The maximum absolute atomic E-state index is 12.5. The summed E-state index contributed by atoms with van der Waals surface area (Å²) < 4.78 is 37.4. The number of halogens is 3. The molecular weight excluding hydrogens is 255 g/mol. The second-order valence-electron chi connectivity index (χ2n) is 3.57. The van der Waals surface area contributed by atoms with Crippen molar-refractivity contribution in [2.24, 2.45) is 0 Å². The van der Waals surface area contributed by atoms with Crippen LogP contribution in [-0.2, 0) is 4.79 Å². The maximum atomic E-state index is 12.5. The Bertz CT molecular complexity index is 455. The van der Waals surface area contributed by atoms with Crippen molar-refractivity contribution in [2.75, 3.05) is 0 Å². The average Bonchev–Trinajstić information content (AvgIpc) is 2.61. The van der Waals surface area contributed by atoms with E-state index in [0.29, 0.717) is 5.69 Å². The van der Waals surface area contributed by atoms with E-state index in [0.717, 1.165) is 6.20 Å². The fourth-order valence-electron chi connectivity index (χ4n) is 1.24. The first kappa shape index (κ1) is 14.0. The summed E-state index contributed by atoms with van der Waals surface area (Å²) >= 11 is 0. The van der Waals surface area contributed by atoms with E-state index in [1.807, 2.05) is 0 Å². The molecule has 100 valence electrons. The predicted octanol–water partition coefficient (Wildman–Crippen LogP) is 0.854. The molecule has 0 fully saturated rings. The van der Waals surface area contributed by atoms with E-state index >= 15 is 0 Å². The number of alkyl halides is 3. The molecule has 1 rings (SSSR count). The lowest BCUT2D eigenvalue weighted by molar-refractivity contribution is -0.165. The van der Waals surface area contributed by atoms with Gasteiger partial charge >= 0.3 is 12.1 Å². The Hall–Kier alpha value is -2.06. The minimum atomic E-state index is -4.83. The molecule has 0 spiro atoms. The van der Waals surface area contributed by atoms with Gasteiger partial charge in [0.05, 0.1) is 18.2 Å². The number of aromatic amines is 1. The monoisotopic (exact) mass is 265 g/mol. The van der Waals surface area contributed by atoms with E-state index in [-0.39, 0.29) is 5.56 Å². The normalized spacial score (nSPS) is 13.1. The van der Waals surface area contributed by atoms with Crippen LogP contribution in [0.2, 0.25) is 0 Å². The number of amides is 1. The van der Waals surface area contributed by atoms with Gasteiger partial charge in [0, 0.05) is 5.69 Å². The van der Waals surface area contributed by atoms with Crippen LogP contribution >= 0.6 is 0 Å². The Balaban J connectivity index is 2.82. The molecule has 9 heteroatoms. The molecule has 0 bridgehead atoms. The van der Waals surface area contributed by atoms with Crippen LogP contribution in [0.15, 0.2) is 6.20 Å². The lowest BCUT2D eigenvalue weighted by Crippen LogP contribution is -2.46. The first-order valence-electron chi connectivity index (χ1n) is 4.81. The molecule has 1 atom stereocenters. The van der Waals surface area contributed by atoms with Gasteiger partial charge in [-0.15, -0.1) is 0 Å². The Labute approximate surface area is 99.2 Å². The van der Waals surface area contributed by atoms with Crippen molar-refractivity contribution in [3.8, 4) is 0 Å². The van der Waals surface area contributed by atoms with Gasteiger partial charge in [0.15, 0.2) is 0 Å². The van der Waals surface area contributed by atoms with Gasteiger partial charge in [-0.1, -0.05) is 0 Å². The van der Waals surface area contributed by atoms with Crippen LogP contribution in [0, 0.1) is 6.92 Å². The summed E-state index contributed by atoms with van der Waals surface area (Å²) in [6.07, 6.45) is -4.99. The number of carbonyl (C=O) groups excluding carboxylic acids is 1. The quantitative estimate of drug-likeness (QED) is 0.752. The van der Waals surface area contributed by atoms with Crippen LogP contribution in [0.3, 0.4) is 0 Å². The summed E-state index contributed by atoms with van der Waals surface area (Å²) in [6, 6.07) is -2.43. The minimum Gasteiger partial charge on any atom is -0.481 e. The molecule has 0 aliphatic heterocycles. The van der Waals surface area contributed by atoms with Crippen molar-refractivity contribution >= 4 is 11.9 Å². The number of nitrogens with one attached hydrogen (secondary N) is 2. The van der Waals surface area contributed by atoms with Gasteiger partial charge in [0.25, 0.3) is 5.91 Å². The summed E-state index contributed by atoms with van der Waals surface area (Å²) in [5.41, 5.74) is 0.235. The third-order valence-corrected chi connectivity index (χ3v) is 2.15. The highest BCUT2D eigenvalue weighted by atomic mass is 19.4.